The fourth-order valence-corrected chi connectivity index (χ4v) is 3.69. The van der Waals surface area contributed by atoms with Gasteiger partial charge in [-0.15, -0.1) is 0 Å². The van der Waals surface area contributed by atoms with E-state index in [9.17, 15) is 0 Å². The molecule has 1 fully saturated rings. The molecule has 6 heteroatoms. The van der Waals surface area contributed by atoms with Gasteiger partial charge in [0.15, 0.2) is 10.6 Å². The van der Waals surface area contributed by atoms with E-state index in [1.54, 1.807) is 0 Å². The molecule has 124 valence electrons. The van der Waals surface area contributed by atoms with E-state index in [-0.39, 0.29) is 0 Å². The van der Waals surface area contributed by atoms with Crippen molar-refractivity contribution in [2.75, 3.05) is 13.1 Å². The number of likely N-dealkylation sites (tertiary alicyclic amines) is 1. The third kappa shape index (κ3) is 4.11. The van der Waals surface area contributed by atoms with E-state index < -0.39 is 0 Å². The van der Waals surface area contributed by atoms with Crippen molar-refractivity contribution in [1.82, 2.24) is 19.2 Å². The highest BCUT2D eigenvalue weighted by Crippen LogP contribution is 2.22. The average molecular weight is 395 g/mol. The second kappa shape index (κ2) is 7.73. The molecule has 1 saturated heterocycles. The van der Waals surface area contributed by atoms with Crippen LogP contribution in [0.4, 0.5) is 0 Å². The number of hydrogen-bond acceptors (Lipinski definition) is 3. The van der Waals surface area contributed by atoms with Crippen molar-refractivity contribution in [2.24, 2.45) is 7.05 Å². The summed E-state index contributed by atoms with van der Waals surface area (Å²) in [7, 11) is 2.00. The Morgan fingerprint density at radius 1 is 1.13 bits per heavy atom. The van der Waals surface area contributed by atoms with Crippen molar-refractivity contribution in [3.05, 3.63) is 33.5 Å². The molecule has 2 heterocycles. The van der Waals surface area contributed by atoms with Gasteiger partial charge in [0.1, 0.15) is 0 Å². The van der Waals surface area contributed by atoms with E-state index in [1.165, 1.54) is 32.1 Å². The zero-order valence-electron chi connectivity index (χ0n) is 13.5. The molecule has 0 amide bonds. The summed E-state index contributed by atoms with van der Waals surface area (Å²) in [6, 6.07) is 8.20. The lowest BCUT2D eigenvalue weighted by atomic mass is 10.1. The monoisotopic (exact) mass is 394 g/mol. The fourth-order valence-electron chi connectivity index (χ4n) is 3.10. The van der Waals surface area contributed by atoms with Crippen molar-refractivity contribution in [3.8, 4) is 11.4 Å². The Kier molecular flexibility index (Phi) is 5.67. The van der Waals surface area contributed by atoms with Crippen molar-refractivity contribution in [2.45, 2.75) is 38.8 Å². The average Bonchev–Trinajstić information content (AvgIpc) is 2.78. The highest BCUT2D eigenvalue weighted by molar-refractivity contribution is 9.10. The van der Waals surface area contributed by atoms with Crippen LogP contribution in [0.1, 0.15) is 32.1 Å². The van der Waals surface area contributed by atoms with Gasteiger partial charge in [0.2, 0.25) is 0 Å². The van der Waals surface area contributed by atoms with Gasteiger partial charge in [-0.2, -0.15) is 5.10 Å². The SMILES string of the molecule is Cn1c(-c2cccc(Br)c2)nn(CN2CCCCCCC2)c1=S. The van der Waals surface area contributed by atoms with Crippen LogP contribution in [0.15, 0.2) is 28.7 Å². The van der Waals surface area contributed by atoms with Gasteiger partial charge >= 0.3 is 0 Å². The summed E-state index contributed by atoms with van der Waals surface area (Å²) in [6.45, 7) is 3.08. The van der Waals surface area contributed by atoms with Crippen LogP contribution in [0.5, 0.6) is 0 Å². The van der Waals surface area contributed by atoms with Gasteiger partial charge in [-0.1, -0.05) is 47.3 Å². The molecule has 0 bridgehead atoms. The van der Waals surface area contributed by atoms with E-state index in [4.69, 9.17) is 17.3 Å². The highest BCUT2D eigenvalue weighted by atomic mass is 79.9. The molecular formula is C17H23BrN4S. The topological polar surface area (TPSA) is 26.0 Å². The van der Waals surface area contributed by atoms with Crippen molar-refractivity contribution < 1.29 is 0 Å². The van der Waals surface area contributed by atoms with Crippen molar-refractivity contribution in [1.29, 1.82) is 0 Å². The number of hydrogen-bond donors (Lipinski definition) is 0. The molecule has 1 aromatic heterocycles. The minimum absolute atomic E-state index is 0.780. The quantitative estimate of drug-likeness (QED) is 0.711. The van der Waals surface area contributed by atoms with E-state index in [0.29, 0.717) is 0 Å². The molecule has 4 nitrogen and oxygen atoms in total. The minimum Gasteiger partial charge on any atom is -0.303 e. The lowest BCUT2D eigenvalue weighted by Gasteiger charge is -2.23. The Balaban J connectivity index is 1.83. The molecule has 0 spiro atoms. The van der Waals surface area contributed by atoms with Gasteiger partial charge in [0.25, 0.3) is 0 Å². The maximum absolute atomic E-state index is 5.60. The van der Waals surface area contributed by atoms with Crippen molar-refractivity contribution >= 4 is 28.1 Å². The summed E-state index contributed by atoms with van der Waals surface area (Å²) in [5, 5.41) is 4.78. The van der Waals surface area contributed by atoms with Gasteiger partial charge in [0, 0.05) is 17.1 Å². The third-order valence-corrected chi connectivity index (χ3v) is 5.38. The number of aromatic nitrogens is 3. The smallest absolute Gasteiger partial charge is 0.199 e. The molecule has 1 aliphatic rings. The first-order valence-electron chi connectivity index (χ1n) is 8.27. The molecule has 1 aliphatic heterocycles. The predicted molar refractivity (Wildman–Crippen MR) is 99.8 cm³/mol. The zero-order chi connectivity index (χ0) is 16.2. The van der Waals surface area contributed by atoms with Crippen LogP contribution in [-0.4, -0.2) is 32.3 Å². The van der Waals surface area contributed by atoms with Crippen LogP contribution in [0.3, 0.4) is 0 Å². The molecule has 0 saturated carbocycles. The molecule has 0 atom stereocenters. The number of nitrogens with zero attached hydrogens (tertiary/aromatic N) is 4. The maximum Gasteiger partial charge on any atom is 0.199 e. The van der Waals surface area contributed by atoms with Crippen LogP contribution in [-0.2, 0) is 13.7 Å². The molecular weight excluding hydrogens is 372 g/mol. The number of benzene rings is 1. The first-order valence-corrected chi connectivity index (χ1v) is 9.47. The Hall–Kier alpha value is -0.980. The molecule has 3 rings (SSSR count). The number of halogens is 1. The summed E-state index contributed by atoms with van der Waals surface area (Å²) in [4.78, 5) is 2.48. The van der Waals surface area contributed by atoms with Crippen LogP contribution in [0.25, 0.3) is 11.4 Å². The Labute approximate surface area is 151 Å². The Morgan fingerprint density at radius 3 is 2.52 bits per heavy atom. The van der Waals surface area contributed by atoms with Crippen LogP contribution < -0.4 is 0 Å². The molecule has 0 radical (unpaired) electrons. The van der Waals surface area contributed by atoms with Crippen LogP contribution >= 0.6 is 28.1 Å². The van der Waals surface area contributed by atoms with Crippen molar-refractivity contribution in [3.63, 3.8) is 0 Å². The fraction of sp³-hybridized carbons (Fsp3) is 0.529. The van der Waals surface area contributed by atoms with E-state index in [0.717, 1.165) is 40.4 Å². The predicted octanol–water partition coefficient (Wildman–Crippen LogP) is 4.60. The summed E-state index contributed by atoms with van der Waals surface area (Å²) in [5.41, 5.74) is 1.08. The summed E-state index contributed by atoms with van der Waals surface area (Å²) < 4.78 is 5.80. The Bertz CT molecular complexity index is 714. The highest BCUT2D eigenvalue weighted by Gasteiger charge is 2.14. The van der Waals surface area contributed by atoms with Gasteiger partial charge in [-0.05, 0) is 50.3 Å². The van der Waals surface area contributed by atoms with Gasteiger partial charge in [-0.25, -0.2) is 4.68 Å². The molecule has 23 heavy (non-hydrogen) atoms. The Morgan fingerprint density at radius 2 is 1.83 bits per heavy atom. The lowest BCUT2D eigenvalue weighted by Crippen LogP contribution is -2.30. The zero-order valence-corrected chi connectivity index (χ0v) is 15.9. The molecule has 2 aromatic rings. The minimum atomic E-state index is 0.780. The van der Waals surface area contributed by atoms with E-state index in [2.05, 4.69) is 33.0 Å². The summed E-state index contributed by atoms with van der Waals surface area (Å²) >= 11 is 9.13. The molecule has 0 aliphatic carbocycles. The van der Waals surface area contributed by atoms with Crippen LogP contribution in [0.2, 0.25) is 0 Å². The lowest BCUT2D eigenvalue weighted by molar-refractivity contribution is 0.188. The standard InChI is InChI=1S/C17H23BrN4S/c1-20-16(14-8-7-9-15(18)12-14)19-22(17(20)23)13-21-10-5-3-2-4-6-11-21/h7-9,12H,2-6,10-11,13H2,1H3. The van der Waals surface area contributed by atoms with Crippen LogP contribution in [0, 0.1) is 4.77 Å². The summed E-state index contributed by atoms with van der Waals surface area (Å²) in [5.74, 6) is 0.920. The molecule has 0 unspecified atom stereocenters. The van der Waals surface area contributed by atoms with E-state index >= 15 is 0 Å². The summed E-state index contributed by atoms with van der Waals surface area (Å²) in [6.07, 6.45) is 6.61. The normalized spacial score (nSPS) is 17.0. The second-order valence-electron chi connectivity index (χ2n) is 6.20. The van der Waals surface area contributed by atoms with Gasteiger partial charge < -0.3 is 4.57 Å². The number of rotatable bonds is 3. The first kappa shape index (κ1) is 16.9. The second-order valence-corrected chi connectivity index (χ2v) is 7.48. The molecule has 1 aromatic carbocycles. The van der Waals surface area contributed by atoms with Gasteiger partial charge in [-0.3, -0.25) is 4.90 Å². The molecule has 0 N–H and O–H groups in total. The van der Waals surface area contributed by atoms with E-state index in [1.807, 2.05) is 28.4 Å². The third-order valence-electron chi connectivity index (χ3n) is 4.41. The first-order chi connectivity index (χ1) is 11.1. The maximum atomic E-state index is 5.60. The van der Waals surface area contributed by atoms with Gasteiger partial charge in [0.05, 0.1) is 6.67 Å². The largest absolute Gasteiger partial charge is 0.303 e.